The molecule has 0 aliphatic carbocycles. The smallest absolute Gasteiger partial charge is 0.394 e. The summed E-state index contributed by atoms with van der Waals surface area (Å²) in [5.41, 5.74) is 0. The Kier molecular flexibility index (Phi) is 14.5. The van der Waals surface area contributed by atoms with Gasteiger partial charge in [-0.1, -0.05) is 18.2 Å². The highest BCUT2D eigenvalue weighted by Crippen LogP contribution is 2.09. The number of aliphatic hydroxyl groups is 2. The van der Waals surface area contributed by atoms with Crippen LogP contribution in [0.15, 0.2) is 30.3 Å². The highest BCUT2D eigenvalue weighted by atomic mass is 32.3. The second kappa shape index (κ2) is 13.8. The van der Waals surface area contributed by atoms with E-state index in [0.29, 0.717) is 0 Å². The van der Waals surface area contributed by atoms with Crippen LogP contribution in [0.4, 0.5) is 0 Å². The quantitative estimate of drug-likeness (QED) is 0.699. The van der Waals surface area contributed by atoms with Crippen molar-refractivity contribution < 1.29 is 32.1 Å². The first kappa shape index (κ1) is 22.1. The molecule has 0 aromatic heterocycles. The van der Waals surface area contributed by atoms with Gasteiger partial charge >= 0.3 is 10.4 Å². The van der Waals surface area contributed by atoms with Crippen LogP contribution in [0.25, 0.3) is 0 Å². The van der Waals surface area contributed by atoms with Gasteiger partial charge in [0.1, 0.15) is 5.75 Å². The Hall–Kier alpha value is -1.19. The Bertz CT molecular complexity index is 415. The molecule has 0 saturated heterocycles. The van der Waals surface area contributed by atoms with Crippen LogP contribution in [0.3, 0.4) is 0 Å². The van der Waals surface area contributed by atoms with Crippen LogP contribution in [0, 0.1) is 0 Å². The molecule has 1 aromatic carbocycles. The van der Waals surface area contributed by atoms with Gasteiger partial charge in [0.15, 0.2) is 0 Å². The van der Waals surface area contributed by atoms with Crippen LogP contribution in [-0.2, 0) is 15.1 Å². The molecule has 0 amide bonds. The fraction of sp³-hybridized carbons (Fsp3) is 0.538. The fourth-order valence-electron chi connectivity index (χ4n) is 0.802. The summed E-state index contributed by atoms with van der Waals surface area (Å²) in [4.78, 5) is 0. The van der Waals surface area contributed by atoms with Gasteiger partial charge in [-0.3, -0.25) is 4.55 Å². The number of benzene rings is 1. The van der Waals surface area contributed by atoms with Crippen LogP contribution in [-0.4, -0.2) is 49.1 Å². The molecule has 1 rings (SSSR count). The van der Waals surface area contributed by atoms with Crippen molar-refractivity contribution in [2.24, 2.45) is 0 Å². The first-order chi connectivity index (χ1) is 9.76. The summed E-state index contributed by atoms with van der Waals surface area (Å²) in [7, 11) is -4.38. The summed E-state index contributed by atoms with van der Waals surface area (Å²) in [6.07, 6.45) is -0.560. The molecule has 1 atom stereocenters. The number of para-hydroxylation sites is 1. The van der Waals surface area contributed by atoms with Gasteiger partial charge < -0.3 is 19.1 Å². The molecule has 0 aliphatic heterocycles. The lowest BCUT2D eigenvalue weighted by Gasteiger charge is -1.98. The molecule has 0 bridgehead atoms. The van der Waals surface area contributed by atoms with Crippen molar-refractivity contribution in [2.45, 2.75) is 26.9 Å². The topological polar surface area (TPSA) is 113 Å². The van der Waals surface area contributed by atoms with Gasteiger partial charge in [-0.2, -0.15) is 8.42 Å². The molecule has 0 spiro atoms. The van der Waals surface area contributed by atoms with E-state index in [2.05, 4.69) is 4.18 Å². The summed E-state index contributed by atoms with van der Waals surface area (Å²) in [5.74, 6) is 0.0926. The second-order valence-corrected chi connectivity index (χ2v) is 4.66. The highest BCUT2D eigenvalue weighted by Gasteiger charge is 2.04. The highest BCUT2D eigenvalue weighted by molar-refractivity contribution is 7.81. The maximum Gasteiger partial charge on any atom is 0.446 e. The van der Waals surface area contributed by atoms with E-state index < -0.39 is 16.5 Å². The third-order valence-electron chi connectivity index (χ3n) is 1.62. The maximum atomic E-state index is 10.1. The van der Waals surface area contributed by atoms with Crippen molar-refractivity contribution in [1.82, 2.24) is 0 Å². The summed E-state index contributed by atoms with van der Waals surface area (Å²) in [6, 6.07) is 7.75. The Morgan fingerprint density at radius 2 is 1.57 bits per heavy atom. The van der Waals surface area contributed by atoms with Crippen molar-refractivity contribution in [2.75, 3.05) is 19.8 Å². The van der Waals surface area contributed by atoms with E-state index >= 15 is 0 Å². The Morgan fingerprint density at radius 1 is 1.14 bits per heavy atom. The molecular weight excluding hydrogens is 300 g/mol. The van der Waals surface area contributed by atoms with Gasteiger partial charge in [-0.05, 0) is 32.9 Å². The average molecular weight is 324 g/mol. The molecule has 1 unspecified atom stereocenters. The van der Waals surface area contributed by atoms with Gasteiger partial charge in [-0.25, -0.2) is 0 Å². The largest absolute Gasteiger partial charge is 0.446 e. The van der Waals surface area contributed by atoms with Gasteiger partial charge in [0.2, 0.25) is 0 Å². The third kappa shape index (κ3) is 21.3. The van der Waals surface area contributed by atoms with Crippen molar-refractivity contribution in [1.29, 1.82) is 0 Å². The molecule has 0 aliphatic rings. The minimum Gasteiger partial charge on any atom is -0.394 e. The summed E-state index contributed by atoms with van der Waals surface area (Å²) in [5, 5.41) is 16.0. The van der Waals surface area contributed by atoms with Crippen LogP contribution in [0.5, 0.6) is 5.75 Å². The maximum absolute atomic E-state index is 10.1. The summed E-state index contributed by atoms with van der Waals surface area (Å²) >= 11 is 0. The lowest BCUT2D eigenvalue weighted by atomic mass is 10.3. The zero-order valence-corrected chi connectivity index (χ0v) is 13.3. The number of hydrogen-bond donors (Lipinski definition) is 3. The zero-order valence-electron chi connectivity index (χ0n) is 12.5. The van der Waals surface area contributed by atoms with Gasteiger partial charge in [0, 0.05) is 13.2 Å². The molecule has 0 saturated carbocycles. The molecule has 1 aromatic rings. The van der Waals surface area contributed by atoms with E-state index in [1.54, 1.807) is 18.2 Å². The van der Waals surface area contributed by atoms with Crippen molar-refractivity contribution >= 4 is 10.4 Å². The zero-order chi connectivity index (χ0) is 16.7. The Morgan fingerprint density at radius 3 is 1.81 bits per heavy atom. The molecule has 124 valence electrons. The van der Waals surface area contributed by atoms with Gasteiger partial charge in [0.25, 0.3) is 0 Å². The van der Waals surface area contributed by atoms with Gasteiger partial charge in [-0.15, -0.1) is 0 Å². The standard InChI is InChI=1S/C6H6O4S.C4H10O.C3H8O2/c7-11(8,9)10-6-4-2-1-3-5-6;1-3-5-4-2;1-3(5)2-4/h1-5H,(H,7,8,9);3-4H2,1-2H3;3-5H,2H2,1H3. The molecule has 3 N–H and O–H groups in total. The summed E-state index contributed by atoms with van der Waals surface area (Å²) < 4.78 is 37.5. The van der Waals surface area contributed by atoms with E-state index in [9.17, 15) is 8.42 Å². The molecule has 0 fully saturated rings. The lowest BCUT2D eigenvalue weighted by molar-refractivity contribution is 0.110. The van der Waals surface area contributed by atoms with E-state index in [0.717, 1.165) is 13.2 Å². The second-order valence-electron chi connectivity index (χ2n) is 3.64. The molecule has 8 heteroatoms. The molecule has 0 heterocycles. The minimum atomic E-state index is -4.38. The average Bonchev–Trinajstić information content (AvgIpc) is 2.40. The fourth-order valence-corrected chi connectivity index (χ4v) is 1.16. The summed E-state index contributed by atoms with van der Waals surface area (Å²) in [6.45, 7) is 7.06. The Balaban J connectivity index is 0. The van der Waals surface area contributed by atoms with Crippen LogP contribution >= 0.6 is 0 Å². The monoisotopic (exact) mass is 324 g/mol. The first-order valence-corrected chi connectivity index (χ1v) is 7.71. The number of ether oxygens (including phenoxy) is 1. The lowest BCUT2D eigenvalue weighted by Crippen LogP contribution is -2.06. The van der Waals surface area contributed by atoms with Crippen LogP contribution < -0.4 is 4.18 Å². The normalized spacial score (nSPS) is 11.3. The molecule has 7 nitrogen and oxygen atoms in total. The van der Waals surface area contributed by atoms with Crippen LogP contribution in [0.2, 0.25) is 0 Å². The number of hydrogen-bond acceptors (Lipinski definition) is 6. The molecular formula is C13H24O7S. The molecule has 0 radical (unpaired) electrons. The van der Waals surface area contributed by atoms with Crippen molar-refractivity contribution in [3.63, 3.8) is 0 Å². The van der Waals surface area contributed by atoms with Crippen molar-refractivity contribution in [3.8, 4) is 5.75 Å². The molecule has 21 heavy (non-hydrogen) atoms. The predicted molar refractivity (Wildman–Crippen MR) is 79.6 cm³/mol. The minimum absolute atomic E-state index is 0.0926. The van der Waals surface area contributed by atoms with E-state index in [-0.39, 0.29) is 12.4 Å². The Labute approximate surface area is 126 Å². The third-order valence-corrected chi connectivity index (χ3v) is 2.02. The van der Waals surface area contributed by atoms with Crippen LogP contribution in [0.1, 0.15) is 20.8 Å². The SMILES string of the molecule is CC(O)CO.CCOCC.O=S(=O)(O)Oc1ccccc1. The van der Waals surface area contributed by atoms with E-state index in [1.165, 1.54) is 19.1 Å². The van der Waals surface area contributed by atoms with Crippen molar-refractivity contribution in [3.05, 3.63) is 30.3 Å². The number of rotatable bonds is 5. The number of aliphatic hydroxyl groups excluding tert-OH is 2. The van der Waals surface area contributed by atoms with E-state index in [1.807, 2.05) is 13.8 Å². The first-order valence-electron chi connectivity index (χ1n) is 6.35. The van der Waals surface area contributed by atoms with E-state index in [4.69, 9.17) is 19.5 Å². The predicted octanol–water partition coefficient (Wildman–Crippen LogP) is 1.27. The van der Waals surface area contributed by atoms with Gasteiger partial charge in [0.05, 0.1) is 12.7 Å².